The second-order valence-corrected chi connectivity index (χ2v) is 5.07. The Morgan fingerprint density at radius 3 is 2.74 bits per heavy atom. The number of nitrogens with zero attached hydrogens (tertiary/aromatic N) is 2. The Morgan fingerprint density at radius 2 is 2.16 bits per heavy atom. The van der Waals surface area contributed by atoms with Gasteiger partial charge in [0, 0.05) is 12.6 Å². The molecule has 6 nitrogen and oxygen atoms in total. The lowest BCUT2D eigenvalue weighted by Crippen LogP contribution is -2.26. The minimum atomic E-state index is -0.903. The third-order valence-electron chi connectivity index (χ3n) is 3.37. The molecule has 0 bridgehead atoms. The summed E-state index contributed by atoms with van der Waals surface area (Å²) < 4.78 is 0. The summed E-state index contributed by atoms with van der Waals surface area (Å²) in [6, 6.07) is 1.08. The zero-order valence-electron chi connectivity index (χ0n) is 11.3. The Hall–Kier alpha value is -1.85. The lowest BCUT2D eigenvalue weighted by Gasteiger charge is -2.25. The molecule has 0 aromatic carbocycles. The quantitative estimate of drug-likeness (QED) is 0.727. The van der Waals surface area contributed by atoms with Gasteiger partial charge in [-0.05, 0) is 32.6 Å². The number of carboxylic acids is 1. The fraction of sp³-hybridized carbons (Fsp3) is 0.615. The predicted octanol–water partition coefficient (Wildman–Crippen LogP) is 1.88. The fourth-order valence-electron chi connectivity index (χ4n) is 1.96. The molecular weight excluding hydrogens is 244 g/mol. The highest BCUT2D eigenvalue weighted by Gasteiger charge is 2.17. The van der Waals surface area contributed by atoms with E-state index < -0.39 is 12.0 Å². The van der Waals surface area contributed by atoms with Crippen LogP contribution in [0.2, 0.25) is 0 Å². The van der Waals surface area contributed by atoms with Gasteiger partial charge in [0.1, 0.15) is 23.5 Å². The predicted molar refractivity (Wildman–Crippen MR) is 73.3 cm³/mol. The van der Waals surface area contributed by atoms with Gasteiger partial charge in [0.2, 0.25) is 0 Å². The first kappa shape index (κ1) is 13.6. The van der Waals surface area contributed by atoms with E-state index in [0.29, 0.717) is 11.6 Å². The van der Waals surface area contributed by atoms with Gasteiger partial charge in [-0.25, -0.2) is 9.97 Å². The van der Waals surface area contributed by atoms with Gasteiger partial charge in [-0.3, -0.25) is 4.79 Å². The zero-order chi connectivity index (χ0) is 13.8. The van der Waals surface area contributed by atoms with Crippen LogP contribution in [-0.4, -0.2) is 33.6 Å². The van der Waals surface area contributed by atoms with Gasteiger partial charge >= 0.3 is 5.97 Å². The molecule has 1 fully saturated rings. The van der Waals surface area contributed by atoms with Crippen LogP contribution in [0.3, 0.4) is 0 Å². The van der Waals surface area contributed by atoms with Crippen molar-refractivity contribution < 1.29 is 9.90 Å². The van der Waals surface area contributed by atoms with Gasteiger partial charge in [-0.2, -0.15) is 0 Å². The Balaban J connectivity index is 1.99. The number of aliphatic carboxylic acids is 1. The van der Waals surface area contributed by atoms with Crippen molar-refractivity contribution in [3.05, 3.63) is 11.9 Å². The molecular formula is C13H20N4O2. The minimum Gasteiger partial charge on any atom is -0.480 e. The lowest BCUT2D eigenvalue weighted by atomic mass is 9.85. The van der Waals surface area contributed by atoms with E-state index in [1.807, 2.05) is 0 Å². The summed E-state index contributed by atoms with van der Waals surface area (Å²) in [7, 11) is 0. The van der Waals surface area contributed by atoms with Gasteiger partial charge in [0.25, 0.3) is 0 Å². The molecule has 0 amide bonds. The molecule has 1 aromatic heterocycles. The van der Waals surface area contributed by atoms with E-state index >= 15 is 0 Å². The standard InChI is InChI=1S/C13H20N4O2/c1-8(13(18)19)15-12-6-11(16-9(2)17-12)14-7-10-4-3-5-10/h6,8,10H,3-5,7H2,1-2H3,(H,18,19)(H2,14,15,16,17). The van der Waals surface area contributed by atoms with Crippen LogP contribution in [0.25, 0.3) is 0 Å². The molecule has 104 valence electrons. The second kappa shape index (κ2) is 5.86. The number of carbonyl (C=O) groups is 1. The van der Waals surface area contributed by atoms with Crippen molar-refractivity contribution in [2.45, 2.75) is 39.2 Å². The average molecular weight is 264 g/mol. The van der Waals surface area contributed by atoms with Crippen molar-refractivity contribution in [3.63, 3.8) is 0 Å². The van der Waals surface area contributed by atoms with Gasteiger partial charge in [-0.15, -0.1) is 0 Å². The van der Waals surface area contributed by atoms with E-state index in [1.165, 1.54) is 19.3 Å². The minimum absolute atomic E-state index is 0.540. The number of rotatable bonds is 6. The Labute approximate surface area is 112 Å². The van der Waals surface area contributed by atoms with Crippen molar-refractivity contribution in [1.29, 1.82) is 0 Å². The summed E-state index contributed by atoms with van der Waals surface area (Å²) in [5, 5.41) is 15.0. The smallest absolute Gasteiger partial charge is 0.325 e. The molecule has 0 radical (unpaired) electrons. The molecule has 0 saturated heterocycles. The molecule has 0 aliphatic heterocycles. The van der Waals surface area contributed by atoms with Crippen molar-refractivity contribution in [3.8, 4) is 0 Å². The molecule has 0 spiro atoms. The highest BCUT2D eigenvalue weighted by molar-refractivity contribution is 5.76. The molecule has 19 heavy (non-hydrogen) atoms. The van der Waals surface area contributed by atoms with Gasteiger partial charge in [0.05, 0.1) is 0 Å². The van der Waals surface area contributed by atoms with E-state index in [1.54, 1.807) is 19.9 Å². The first-order valence-electron chi connectivity index (χ1n) is 6.63. The first-order valence-corrected chi connectivity index (χ1v) is 6.63. The van der Waals surface area contributed by atoms with Crippen LogP contribution in [0.4, 0.5) is 11.6 Å². The molecule has 1 aromatic rings. The van der Waals surface area contributed by atoms with Crippen LogP contribution in [0, 0.1) is 12.8 Å². The number of hydrogen-bond donors (Lipinski definition) is 3. The van der Waals surface area contributed by atoms with E-state index in [-0.39, 0.29) is 0 Å². The van der Waals surface area contributed by atoms with Gasteiger partial charge < -0.3 is 15.7 Å². The molecule has 1 atom stereocenters. The molecule has 1 aliphatic carbocycles. The Bertz CT molecular complexity index is 460. The summed E-state index contributed by atoms with van der Waals surface area (Å²) in [5.74, 6) is 1.75. The van der Waals surface area contributed by atoms with Crippen molar-refractivity contribution in [1.82, 2.24) is 9.97 Å². The van der Waals surface area contributed by atoms with Crippen LogP contribution in [0.15, 0.2) is 6.07 Å². The maximum Gasteiger partial charge on any atom is 0.325 e. The average Bonchev–Trinajstić information content (AvgIpc) is 2.25. The number of nitrogens with one attached hydrogen (secondary N) is 2. The van der Waals surface area contributed by atoms with E-state index in [2.05, 4.69) is 20.6 Å². The van der Waals surface area contributed by atoms with Gasteiger partial charge in [-0.1, -0.05) is 6.42 Å². The maximum absolute atomic E-state index is 10.8. The van der Waals surface area contributed by atoms with Crippen LogP contribution in [0.1, 0.15) is 32.0 Å². The third kappa shape index (κ3) is 3.81. The van der Waals surface area contributed by atoms with E-state index in [9.17, 15) is 4.79 Å². The summed E-state index contributed by atoms with van der Waals surface area (Å²) >= 11 is 0. The van der Waals surface area contributed by atoms with Crippen LogP contribution >= 0.6 is 0 Å². The molecule has 3 N–H and O–H groups in total. The molecule has 1 saturated carbocycles. The topological polar surface area (TPSA) is 87.1 Å². The normalized spacial score (nSPS) is 16.5. The SMILES string of the molecule is Cc1nc(NCC2CCC2)cc(NC(C)C(=O)O)n1. The monoisotopic (exact) mass is 264 g/mol. The number of aromatic nitrogens is 2. The molecule has 1 unspecified atom stereocenters. The summed E-state index contributed by atoms with van der Waals surface area (Å²) in [6.45, 7) is 4.30. The van der Waals surface area contributed by atoms with E-state index in [0.717, 1.165) is 18.3 Å². The second-order valence-electron chi connectivity index (χ2n) is 5.07. The van der Waals surface area contributed by atoms with Crippen molar-refractivity contribution in [2.24, 2.45) is 5.92 Å². The van der Waals surface area contributed by atoms with Crippen LogP contribution < -0.4 is 10.6 Å². The zero-order valence-corrected chi connectivity index (χ0v) is 11.3. The fourth-order valence-corrected chi connectivity index (χ4v) is 1.96. The third-order valence-corrected chi connectivity index (χ3v) is 3.37. The Kier molecular flexibility index (Phi) is 4.19. The highest BCUT2D eigenvalue weighted by Crippen LogP contribution is 2.26. The number of hydrogen-bond acceptors (Lipinski definition) is 5. The summed E-state index contributed by atoms with van der Waals surface area (Å²) in [4.78, 5) is 19.3. The summed E-state index contributed by atoms with van der Waals surface area (Å²) in [5.41, 5.74) is 0. The first-order chi connectivity index (χ1) is 9.04. The molecule has 2 rings (SSSR count). The van der Waals surface area contributed by atoms with E-state index in [4.69, 9.17) is 5.11 Å². The van der Waals surface area contributed by atoms with Crippen LogP contribution in [0.5, 0.6) is 0 Å². The van der Waals surface area contributed by atoms with Gasteiger partial charge in [0.15, 0.2) is 0 Å². The lowest BCUT2D eigenvalue weighted by molar-refractivity contribution is -0.137. The number of aryl methyl sites for hydroxylation is 1. The Morgan fingerprint density at radius 1 is 1.47 bits per heavy atom. The highest BCUT2D eigenvalue weighted by atomic mass is 16.4. The molecule has 6 heteroatoms. The summed E-state index contributed by atoms with van der Waals surface area (Å²) in [6.07, 6.45) is 3.87. The number of carboxylic acid groups (broad SMARTS) is 1. The largest absolute Gasteiger partial charge is 0.480 e. The maximum atomic E-state index is 10.8. The molecule has 1 heterocycles. The van der Waals surface area contributed by atoms with Crippen LogP contribution in [-0.2, 0) is 4.79 Å². The van der Waals surface area contributed by atoms with Crippen molar-refractivity contribution in [2.75, 3.05) is 17.2 Å². The number of anilines is 2. The van der Waals surface area contributed by atoms with Crippen molar-refractivity contribution >= 4 is 17.6 Å². The molecule has 1 aliphatic rings.